The van der Waals surface area contributed by atoms with Gasteiger partial charge in [0.05, 0.1) is 5.56 Å². The molecule has 3 N–H and O–H groups in total. The van der Waals surface area contributed by atoms with Crippen LogP contribution in [0.15, 0.2) is 47.4 Å². The van der Waals surface area contributed by atoms with Crippen molar-refractivity contribution in [2.75, 3.05) is 13.2 Å². The third-order valence-electron chi connectivity index (χ3n) is 4.75. The van der Waals surface area contributed by atoms with Crippen molar-refractivity contribution in [2.45, 2.75) is 0 Å². The van der Waals surface area contributed by atoms with Crippen molar-refractivity contribution in [1.29, 1.82) is 0 Å². The first-order chi connectivity index (χ1) is 13.1. The molecule has 7 heteroatoms. The number of aromatic amines is 2. The predicted molar refractivity (Wildman–Crippen MR) is 99.8 cm³/mol. The zero-order valence-corrected chi connectivity index (χ0v) is 14.0. The highest BCUT2D eigenvalue weighted by Crippen LogP contribution is 2.36. The molecular weight excluding hydrogens is 348 g/mol. The van der Waals surface area contributed by atoms with Crippen LogP contribution in [-0.4, -0.2) is 34.3 Å². The molecule has 0 saturated heterocycles. The largest absolute Gasteiger partial charge is 0.486 e. The molecule has 0 radical (unpaired) electrons. The molecule has 2 aromatic heterocycles. The molecule has 5 rings (SSSR count). The standard InChI is InChI=1S/C20H14N2O5/c23-19-18-17(13(9-21-18)20(24)25)12-7-10(1-3-14(12)22-19)11-2-4-15-16(8-11)27-6-5-26-15/h1-4,7-9,21H,5-6H2,(H,22,23)(H,24,25). The Balaban J connectivity index is 1.77. The zero-order valence-electron chi connectivity index (χ0n) is 14.0. The minimum atomic E-state index is -1.09. The maximum Gasteiger partial charge on any atom is 0.337 e. The molecule has 2 aromatic carbocycles. The molecule has 0 aliphatic carbocycles. The first-order valence-corrected chi connectivity index (χ1v) is 8.42. The fourth-order valence-electron chi connectivity index (χ4n) is 3.50. The Morgan fingerprint density at radius 1 is 1.00 bits per heavy atom. The van der Waals surface area contributed by atoms with E-state index in [-0.39, 0.29) is 16.6 Å². The van der Waals surface area contributed by atoms with Gasteiger partial charge in [-0.15, -0.1) is 0 Å². The van der Waals surface area contributed by atoms with Crippen molar-refractivity contribution in [3.8, 4) is 22.6 Å². The molecule has 0 atom stereocenters. The second-order valence-corrected chi connectivity index (χ2v) is 6.33. The number of aromatic carboxylic acids is 1. The molecule has 0 saturated carbocycles. The van der Waals surface area contributed by atoms with Crippen LogP contribution >= 0.6 is 0 Å². The molecule has 1 aliphatic rings. The molecule has 4 aromatic rings. The molecule has 27 heavy (non-hydrogen) atoms. The summed E-state index contributed by atoms with van der Waals surface area (Å²) in [6, 6.07) is 11.2. The second-order valence-electron chi connectivity index (χ2n) is 6.33. The Hall–Kier alpha value is -3.74. The van der Waals surface area contributed by atoms with Crippen LogP contribution in [0.1, 0.15) is 10.4 Å². The van der Waals surface area contributed by atoms with Gasteiger partial charge in [0.1, 0.15) is 18.7 Å². The number of H-pyrrole nitrogens is 2. The number of carboxylic acid groups (broad SMARTS) is 1. The number of rotatable bonds is 2. The van der Waals surface area contributed by atoms with E-state index in [0.717, 1.165) is 11.1 Å². The summed E-state index contributed by atoms with van der Waals surface area (Å²) in [5, 5.41) is 10.5. The van der Waals surface area contributed by atoms with Crippen molar-refractivity contribution in [3.63, 3.8) is 0 Å². The summed E-state index contributed by atoms with van der Waals surface area (Å²) in [7, 11) is 0. The zero-order chi connectivity index (χ0) is 18.5. The summed E-state index contributed by atoms with van der Waals surface area (Å²) in [4.78, 5) is 29.4. The monoisotopic (exact) mass is 362 g/mol. The van der Waals surface area contributed by atoms with Crippen LogP contribution in [0.25, 0.3) is 32.9 Å². The number of carboxylic acids is 1. The molecule has 134 valence electrons. The molecular formula is C20H14N2O5. The van der Waals surface area contributed by atoms with E-state index in [4.69, 9.17) is 9.47 Å². The fourth-order valence-corrected chi connectivity index (χ4v) is 3.50. The summed E-state index contributed by atoms with van der Waals surface area (Å²) in [6.45, 7) is 1.03. The van der Waals surface area contributed by atoms with Crippen molar-refractivity contribution in [3.05, 3.63) is 58.5 Å². The van der Waals surface area contributed by atoms with Crippen LogP contribution in [0, 0.1) is 0 Å². The molecule has 0 unspecified atom stereocenters. The van der Waals surface area contributed by atoms with Gasteiger partial charge < -0.3 is 24.5 Å². The van der Waals surface area contributed by atoms with Crippen LogP contribution in [0.3, 0.4) is 0 Å². The number of carbonyl (C=O) groups is 1. The van der Waals surface area contributed by atoms with E-state index in [9.17, 15) is 14.7 Å². The van der Waals surface area contributed by atoms with E-state index in [1.54, 1.807) is 6.07 Å². The quantitative estimate of drug-likeness (QED) is 0.508. The van der Waals surface area contributed by atoms with Crippen LogP contribution in [0.2, 0.25) is 0 Å². The van der Waals surface area contributed by atoms with Gasteiger partial charge in [-0.25, -0.2) is 4.79 Å². The minimum absolute atomic E-state index is 0.0698. The third kappa shape index (κ3) is 2.36. The van der Waals surface area contributed by atoms with Crippen LogP contribution in [0.5, 0.6) is 11.5 Å². The summed E-state index contributed by atoms with van der Waals surface area (Å²) in [5.41, 5.74) is 2.34. The van der Waals surface area contributed by atoms with E-state index < -0.39 is 5.97 Å². The second kappa shape index (κ2) is 5.63. The number of aromatic nitrogens is 2. The van der Waals surface area contributed by atoms with Crippen molar-refractivity contribution < 1.29 is 19.4 Å². The number of fused-ring (bicyclic) bond motifs is 4. The van der Waals surface area contributed by atoms with Crippen LogP contribution in [-0.2, 0) is 0 Å². The first-order valence-electron chi connectivity index (χ1n) is 8.42. The Morgan fingerprint density at radius 3 is 2.56 bits per heavy atom. The molecule has 1 aliphatic heterocycles. The van der Waals surface area contributed by atoms with Gasteiger partial charge in [0.2, 0.25) is 0 Å². The maximum absolute atomic E-state index is 12.2. The van der Waals surface area contributed by atoms with Gasteiger partial charge in [0.15, 0.2) is 11.5 Å². The highest BCUT2D eigenvalue weighted by molar-refractivity contribution is 6.15. The van der Waals surface area contributed by atoms with E-state index in [0.29, 0.717) is 41.0 Å². The van der Waals surface area contributed by atoms with Gasteiger partial charge in [-0.05, 0) is 35.4 Å². The summed E-state index contributed by atoms with van der Waals surface area (Å²) in [5.74, 6) is 0.299. The number of ether oxygens (including phenoxy) is 2. The predicted octanol–water partition coefficient (Wildman–Crippen LogP) is 3.15. The Labute approximate surface area is 152 Å². The van der Waals surface area contributed by atoms with Crippen LogP contribution in [0.4, 0.5) is 0 Å². The Kier molecular flexibility index (Phi) is 3.24. The highest BCUT2D eigenvalue weighted by atomic mass is 16.6. The summed E-state index contributed by atoms with van der Waals surface area (Å²) >= 11 is 0. The summed E-state index contributed by atoms with van der Waals surface area (Å²) in [6.07, 6.45) is 1.35. The minimum Gasteiger partial charge on any atom is -0.486 e. The van der Waals surface area contributed by atoms with Gasteiger partial charge in [0, 0.05) is 22.5 Å². The van der Waals surface area contributed by atoms with Crippen molar-refractivity contribution in [1.82, 2.24) is 9.97 Å². The Bertz CT molecular complexity index is 1290. The van der Waals surface area contributed by atoms with Gasteiger partial charge in [-0.3, -0.25) is 4.79 Å². The Morgan fingerprint density at radius 2 is 1.74 bits per heavy atom. The lowest BCUT2D eigenvalue weighted by molar-refractivity contribution is 0.0699. The molecule has 3 heterocycles. The van der Waals surface area contributed by atoms with Crippen LogP contribution < -0.4 is 15.0 Å². The normalized spacial score (nSPS) is 13.2. The van der Waals surface area contributed by atoms with Gasteiger partial charge in [-0.2, -0.15) is 0 Å². The van der Waals surface area contributed by atoms with E-state index in [1.165, 1.54) is 6.20 Å². The maximum atomic E-state index is 12.2. The van der Waals surface area contributed by atoms with Gasteiger partial charge >= 0.3 is 5.97 Å². The number of nitrogens with one attached hydrogen (secondary N) is 2. The van der Waals surface area contributed by atoms with E-state index >= 15 is 0 Å². The molecule has 0 spiro atoms. The van der Waals surface area contributed by atoms with Gasteiger partial charge in [-0.1, -0.05) is 12.1 Å². The van der Waals surface area contributed by atoms with Crippen molar-refractivity contribution in [2.24, 2.45) is 0 Å². The number of hydrogen-bond acceptors (Lipinski definition) is 4. The first kappa shape index (κ1) is 15.5. The van der Waals surface area contributed by atoms with Gasteiger partial charge in [0.25, 0.3) is 5.56 Å². The number of benzene rings is 2. The number of pyridine rings is 1. The van der Waals surface area contributed by atoms with E-state index in [2.05, 4.69) is 9.97 Å². The fraction of sp³-hybridized carbons (Fsp3) is 0.100. The molecule has 7 nitrogen and oxygen atoms in total. The molecule has 0 bridgehead atoms. The average molecular weight is 362 g/mol. The third-order valence-corrected chi connectivity index (χ3v) is 4.75. The topological polar surface area (TPSA) is 104 Å². The average Bonchev–Trinajstić information content (AvgIpc) is 3.14. The molecule has 0 amide bonds. The lowest BCUT2D eigenvalue weighted by atomic mass is 10.00. The lowest BCUT2D eigenvalue weighted by Gasteiger charge is -2.19. The molecule has 0 fully saturated rings. The smallest absolute Gasteiger partial charge is 0.337 e. The summed E-state index contributed by atoms with van der Waals surface area (Å²) < 4.78 is 11.2. The van der Waals surface area contributed by atoms with E-state index in [1.807, 2.05) is 30.3 Å². The SMILES string of the molecule is O=C(O)c1c[nH]c2c(=O)[nH]c3ccc(-c4ccc5c(c4)OCCO5)cc3c12. The van der Waals surface area contributed by atoms with Crippen molar-refractivity contribution >= 4 is 27.8 Å². The highest BCUT2D eigenvalue weighted by Gasteiger charge is 2.17. The lowest BCUT2D eigenvalue weighted by Crippen LogP contribution is -2.15. The number of hydrogen-bond donors (Lipinski definition) is 3.